The molecule has 3 rings (SSSR count). The molecular formula is C23H27N3O4. The van der Waals surface area contributed by atoms with Crippen molar-refractivity contribution in [3.8, 4) is 11.5 Å². The lowest BCUT2D eigenvalue weighted by Crippen LogP contribution is -2.34. The van der Waals surface area contributed by atoms with Crippen LogP contribution in [-0.2, 0) is 0 Å². The minimum absolute atomic E-state index is 0.0952. The summed E-state index contributed by atoms with van der Waals surface area (Å²) in [5.41, 5.74) is 1.90. The molecular weight excluding hydrogens is 382 g/mol. The summed E-state index contributed by atoms with van der Waals surface area (Å²) in [4.78, 5) is 26.8. The Bertz CT molecular complexity index is 905. The second-order valence-electron chi connectivity index (χ2n) is 6.77. The number of carbonyl (C=O) groups is 2. The Morgan fingerprint density at radius 2 is 1.70 bits per heavy atom. The minimum Gasteiger partial charge on any atom is -0.454 e. The Balaban J connectivity index is 1.48. The molecule has 0 spiro atoms. The van der Waals surface area contributed by atoms with Crippen LogP contribution in [0.1, 0.15) is 34.6 Å². The SMILES string of the molecule is CCN(CC)CCNC(=O)c1ccc(NC=CC(=O)c2ccc3c(c2)OCO3)cc1. The number of hydrogen-bond donors (Lipinski definition) is 2. The van der Waals surface area contributed by atoms with Crippen LogP contribution in [0.25, 0.3) is 0 Å². The Kier molecular flexibility index (Phi) is 7.45. The first-order valence-corrected chi connectivity index (χ1v) is 10.1. The number of nitrogens with zero attached hydrogens (tertiary/aromatic N) is 1. The highest BCUT2D eigenvalue weighted by molar-refractivity contribution is 6.05. The average Bonchev–Trinajstić information content (AvgIpc) is 3.25. The second-order valence-corrected chi connectivity index (χ2v) is 6.77. The summed E-state index contributed by atoms with van der Waals surface area (Å²) in [7, 11) is 0. The van der Waals surface area contributed by atoms with E-state index in [0.717, 1.165) is 25.3 Å². The van der Waals surface area contributed by atoms with Crippen molar-refractivity contribution in [1.82, 2.24) is 10.2 Å². The molecule has 1 heterocycles. The minimum atomic E-state index is -0.148. The molecule has 0 saturated heterocycles. The number of likely N-dealkylation sites (N-methyl/N-ethyl adjacent to an activating group) is 1. The van der Waals surface area contributed by atoms with E-state index >= 15 is 0 Å². The molecule has 0 aliphatic carbocycles. The largest absolute Gasteiger partial charge is 0.454 e. The lowest BCUT2D eigenvalue weighted by molar-refractivity contribution is 0.0948. The molecule has 0 unspecified atom stereocenters. The Morgan fingerprint density at radius 3 is 2.43 bits per heavy atom. The smallest absolute Gasteiger partial charge is 0.251 e. The Morgan fingerprint density at radius 1 is 1.00 bits per heavy atom. The van der Waals surface area contributed by atoms with Gasteiger partial charge in [0.05, 0.1) is 0 Å². The highest BCUT2D eigenvalue weighted by atomic mass is 16.7. The molecule has 7 nitrogen and oxygen atoms in total. The van der Waals surface area contributed by atoms with Gasteiger partial charge in [-0.3, -0.25) is 9.59 Å². The average molecular weight is 409 g/mol. The number of nitrogens with one attached hydrogen (secondary N) is 2. The number of benzene rings is 2. The van der Waals surface area contributed by atoms with Gasteiger partial charge in [-0.2, -0.15) is 0 Å². The molecule has 0 aromatic heterocycles. The molecule has 2 N–H and O–H groups in total. The number of carbonyl (C=O) groups excluding carboxylic acids is 2. The third-order valence-corrected chi connectivity index (χ3v) is 4.90. The van der Waals surface area contributed by atoms with Crippen molar-refractivity contribution in [2.45, 2.75) is 13.8 Å². The van der Waals surface area contributed by atoms with Crippen LogP contribution < -0.4 is 20.1 Å². The fourth-order valence-electron chi connectivity index (χ4n) is 3.05. The summed E-state index contributed by atoms with van der Waals surface area (Å²) in [6.45, 7) is 7.78. The maximum atomic E-state index is 12.3. The van der Waals surface area contributed by atoms with Crippen LogP contribution in [0.2, 0.25) is 0 Å². The number of amides is 1. The summed E-state index contributed by atoms with van der Waals surface area (Å²) in [6, 6.07) is 12.2. The number of anilines is 1. The van der Waals surface area contributed by atoms with Crippen molar-refractivity contribution in [1.29, 1.82) is 0 Å². The molecule has 7 heteroatoms. The van der Waals surface area contributed by atoms with Gasteiger partial charge in [0.1, 0.15) is 0 Å². The first kappa shape index (κ1) is 21.4. The zero-order valence-electron chi connectivity index (χ0n) is 17.3. The van der Waals surface area contributed by atoms with Gasteiger partial charge in [0.25, 0.3) is 5.91 Å². The molecule has 158 valence electrons. The van der Waals surface area contributed by atoms with E-state index in [0.29, 0.717) is 29.2 Å². The van der Waals surface area contributed by atoms with E-state index in [9.17, 15) is 9.59 Å². The number of ether oxygens (including phenoxy) is 2. The van der Waals surface area contributed by atoms with E-state index in [2.05, 4.69) is 29.4 Å². The normalized spacial score (nSPS) is 12.4. The van der Waals surface area contributed by atoms with Gasteiger partial charge >= 0.3 is 0 Å². The fourth-order valence-corrected chi connectivity index (χ4v) is 3.05. The van der Waals surface area contributed by atoms with Crippen molar-refractivity contribution < 1.29 is 19.1 Å². The molecule has 2 aromatic carbocycles. The van der Waals surface area contributed by atoms with E-state index in [4.69, 9.17) is 9.47 Å². The van der Waals surface area contributed by atoms with Gasteiger partial charge in [-0.15, -0.1) is 0 Å². The molecule has 2 aromatic rings. The van der Waals surface area contributed by atoms with Gasteiger partial charge in [-0.1, -0.05) is 13.8 Å². The van der Waals surface area contributed by atoms with Gasteiger partial charge in [0, 0.05) is 42.2 Å². The van der Waals surface area contributed by atoms with E-state index in [-0.39, 0.29) is 18.5 Å². The van der Waals surface area contributed by atoms with E-state index in [1.54, 1.807) is 48.7 Å². The first-order valence-electron chi connectivity index (χ1n) is 10.1. The number of hydrogen-bond acceptors (Lipinski definition) is 6. The lowest BCUT2D eigenvalue weighted by atomic mass is 10.1. The zero-order valence-corrected chi connectivity index (χ0v) is 17.3. The summed E-state index contributed by atoms with van der Waals surface area (Å²) >= 11 is 0. The third kappa shape index (κ3) is 5.61. The zero-order chi connectivity index (χ0) is 21.3. The summed E-state index contributed by atoms with van der Waals surface area (Å²) < 4.78 is 10.5. The molecule has 0 fully saturated rings. The van der Waals surface area contributed by atoms with E-state index in [1.807, 2.05) is 0 Å². The second kappa shape index (κ2) is 10.5. The number of allylic oxidation sites excluding steroid dienone is 1. The molecule has 1 aliphatic heterocycles. The summed E-state index contributed by atoms with van der Waals surface area (Å²) in [5, 5.41) is 5.97. The van der Waals surface area contributed by atoms with Gasteiger partial charge < -0.3 is 25.0 Å². The van der Waals surface area contributed by atoms with Crippen molar-refractivity contribution in [2.75, 3.05) is 38.3 Å². The van der Waals surface area contributed by atoms with Crippen molar-refractivity contribution in [3.05, 3.63) is 65.9 Å². The van der Waals surface area contributed by atoms with Crippen molar-refractivity contribution in [3.63, 3.8) is 0 Å². The molecule has 0 saturated carbocycles. The first-order chi connectivity index (χ1) is 14.6. The van der Waals surface area contributed by atoms with Gasteiger partial charge in [0.15, 0.2) is 17.3 Å². The maximum Gasteiger partial charge on any atom is 0.251 e. The fraction of sp³-hybridized carbons (Fsp3) is 0.304. The number of ketones is 1. The highest BCUT2D eigenvalue weighted by Gasteiger charge is 2.15. The van der Waals surface area contributed by atoms with Crippen molar-refractivity contribution in [2.24, 2.45) is 0 Å². The standard InChI is InChI=1S/C23H27N3O4/c1-3-26(4-2)14-13-25-23(28)17-5-8-19(9-6-17)24-12-11-20(27)18-7-10-21-22(15-18)30-16-29-21/h5-12,15,24H,3-4,13-14,16H2,1-2H3,(H,25,28). The third-order valence-electron chi connectivity index (χ3n) is 4.90. The molecule has 1 amide bonds. The van der Waals surface area contributed by atoms with E-state index < -0.39 is 0 Å². The van der Waals surface area contributed by atoms with Crippen LogP contribution in [0.4, 0.5) is 5.69 Å². The monoisotopic (exact) mass is 409 g/mol. The summed E-state index contributed by atoms with van der Waals surface area (Å²) in [5.74, 6) is 0.978. The van der Waals surface area contributed by atoms with Gasteiger partial charge in [-0.05, 0) is 55.6 Å². The predicted molar refractivity (Wildman–Crippen MR) is 116 cm³/mol. The number of rotatable bonds is 10. The van der Waals surface area contributed by atoms with Crippen LogP contribution in [-0.4, -0.2) is 49.6 Å². The Hall–Kier alpha value is -3.32. The predicted octanol–water partition coefficient (Wildman–Crippen LogP) is 3.30. The Labute approximate surface area is 176 Å². The molecule has 0 radical (unpaired) electrons. The van der Waals surface area contributed by atoms with Gasteiger partial charge in [-0.25, -0.2) is 0 Å². The van der Waals surface area contributed by atoms with Crippen LogP contribution in [0.15, 0.2) is 54.7 Å². The topological polar surface area (TPSA) is 79.9 Å². The molecule has 30 heavy (non-hydrogen) atoms. The molecule has 1 aliphatic rings. The van der Waals surface area contributed by atoms with Crippen LogP contribution in [0.5, 0.6) is 11.5 Å². The van der Waals surface area contributed by atoms with Crippen molar-refractivity contribution >= 4 is 17.4 Å². The molecule has 0 atom stereocenters. The highest BCUT2D eigenvalue weighted by Crippen LogP contribution is 2.32. The van der Waals surface area contributed by atoms with Crippen LogP contribution in [0.3, 0.4) is 0 Å². The lowest BCUT2D eigenvalue weighted by Gasteiger charge is -2.17. The number of fused-ring (bicyclic) bond motifs is 1. The van der Waals surface area contributed by atoms with Gasteiger partial charge in [0.2, 0.25) is 6.79 Å². The van der Waals surface area contributed by atoms with E-state index in [1.165, 1.54) is 6.08 Å². The summed E-state index contributed by atoms with van der Waals surface area (Å²) in [6.07, 6.45) is 3.03. The molecule has 0 bridgehead atoms. The van der Waals surface area contributed by atoms with Crippen LogP contribution in [0, 0.1) is 0 Å². The quantitative estimate of drug-likeness (QED) is 0.463. The van der Waals surface area contributed by atoms with Crippen LogP contribution >= 0.6 is 0 Å². The maximum absolute atomic E-state index is 12.3.